The van der Waals surface area contributed by atoms with Crippen molar-refractivity contribution in [3.8, 4) is 0 Å². The standard InChI is InChI=1S/C10H9N3O2/c14-9-11-8-3-1-2-6-12(8)10(15)13(9)7-4-5-7/h1-3,6-7H,4-5H2. The molecule has 0 unspecified atom stereocenters. The van der Waals surface area contributed by atoms with E-state index in [1.54, 1.807) is 24.4 Å². The van der Waals surface area contributed by atoms with Gasteiger partial charge in [0.1, 0.15) is 5.65 Å². The van der Waals surface area contributed by atoms with Crippen LogP contribution in [0.25, 0.3) is 5.65 Å². The molecule has 0 N–H and O–H groups in total. The third-order valence-electron chi connectivity index (χ3n) is 2.58. The fourth-order valence-electron chi connectivity index (χ4n) is 1.68. The van der Waals surface area contributed by atoms with E-state index >= 15 is 0 Å². The number of rotatable bonds is 1. The summed E-state index contributed by atoms with van der Waals surface area (Å²) in [5.41, 5.74) is -0.314. The molecule has 5 heteroatoms. The van der Waals surface area contributed by atoms with Crippen molar-refractivity contribution >= 4 is 5.65 Å². The van der Waals surface area contributed by atoms with Crippen LogP contribution >= 0.6 is 0 Å². The summed E-state index contributed by atoms with van der Waals surface area (Å²) in [6.07, 6.45) is 3.43. The molecule has 0 aromatic carbocycles. The van der Waals surface area contributed by atoms with Crippen LogP contribution in [0.5, 0.6) is 0 Å². The largest absolute Gasteiger partial charge is 0.353 e. The molecule has 1 aliphatic rings. The van der Waals surface area contributed by atoms with Gasteiger partial charge in [0, 0.05) is 12.2 Å². The van der Waals surface area contributed by atoms with Gasteiger partial charge in [-0.3, -0.25) is 4.40 Å². The summed E-state index contributed by atoms with van der Waals surface area (Å²) in [6, 6.07) is 5.22. The van der Waals surface area contributed by atoms with Crippen molar-refractivity contribution in [3.05, 3.63) is 45.4 Å². The van der Waals surface area contributed by atoms with Gasteiger partial charge < -0.3 is 0 Å². The number of hydrogen-bond donors (Lipinski definition) is 0. The van der Waals surface area contributed by atoms with Crippen LogP contribution in [0.4, 0.5) is 0 Å². The summed E-state index contributed by atoms with van der Waals surface area (Å²) in [6.45, 7) is 0. The van der Waals surface area contributed by atoms with Crippen LogP contribution in [0.2, 0.25) is 0 Å². The predicted molar refractivity (Wildman–Crippen MR) is 54.0 cm³/mol. The van der Waals surface area contributed by atoms with E-state index in [9.17, 15) is 9.59 Å². The molecule has 15 heavy (non-hydrogen) atoms. The Labute approximate surface area is 84.6 Å². The minimum atomic E-state index is -0.436. The number of nitrogens with zero attached hydrogens (tertiary/aromatic N) is 3. The van der Waals surface area contributed by atoms with Crippen LogP contribution in [0, 0.1) is 0 Å². The number of aromatic nitrogens is 3. The molecule has 0 aliphatic heterocycles. The summed E-state index contributed by atoms with van der Waals surface area (Å²) in [4.78, 5) is 27.4. The van der Waals surface area contributed by atoms with E-state index in [1.807, 2.05) is 0 Å². The highest BCUT2D eigenvalue weighted by molar-refractivity contribution is 5.35. The van der Waals surface area contributed by atoms with Crippen molar-refractivity contribution < 1.29 is 0 Å². The molecular formula is C10H9N3O2. The van der Waals surface area contributed by atoms with Crippen molar-refractivity contribution in [2.75, 3.05) is 0 Å². The molecule has 2 heterocycles. The van der Waals surface area contributed by atoms with Gasteiger partial charge in [0.25, 0.3) is 0 Å². The van der Waals surface area contributed by atoms with E-state index in [0.717, 1.165) is 12.8 Å². The average Bonchev–Trinajstić information content (AvgIpc) is 3.02. The van der Waals surface area contributed by atoms with Crippen LogP contribution in [-0.2, 0) is 0 Å². The van der Waals surface area contributed by atoms with Gasteiger partial charge in [0.15, 0.2) is 0 Å². The monoisotopic (exact) mass is 203 g/mol. The highest BCUT2D eigenvalue weighted by atomic mass is 16.2. The van der Waals surface area contributed by atoms with Gasteiger partial charge in [-0.15, -0.1) is 0 Å². The molecule has 1 aliphatic carbocycles. The van der Waals surface area contributed by atoms with Crippen molar-refractivity contribution in [1.29, 1.82) is 0 Å². The molecule has 3 rings (SSSR count). The number of fused-ring (bicyclic) bond motifs is 1. The molecule has 1 saturated carbocycles. The summed E-state index contributed by atoms with van der Waals surface area (Å²) < 4.78 is 2.65. The number of pyridine rings is 1. The molecule has 0 bridgehead atoms. The van der Waals surface area contributed by atoms with Gasteiger partial charge in [-0.2, -0.15) is 4.98 Å². The molecule has 0 radical (unpaired) electrons. The Bertz CT molecular complexity index is 637. The van der Waals surface area contributed by atoms with Gasteiger partial charge in [-0.05, 0) is 25.0 Å². The SMILES string of the molecule is O=c1nc2ccccn2c(=O)n1C1CC1. The van der Waals surface area contributed by atoms with Crippen LogP contribution < -0.4 is 11.4 Å². The van der Waals surface area contributed by atoms with Crippen LogP contribution in [0.15, 0.2) is 34.0 Å². The lowest BCUT2D eigenvalue weighted by Crippen LogP contribution is -2.38. The first-order chi connectivity index (χ1) is 7.27. The lowest BCUT2D eigenvalue weighted by molar-refractivity contribution is 0.620. The molecule has 2 aromatic rings. The highest BCUT2D eigenvalue weighted by Crippen LogP contribution is 2.31. The molecule has 0 saturated heterocycles. The quantitative estimate of drug-likeness (QED) is 0.664. The zero-order chi connectivity index (χ0) is 10.4. The van der Waals surface area contributed by atoms with Gasteiger partial charge in [-0.1, -0.05) is 6.07 Å². The normalized spacial score (nSPS) is 15.7. The van der Waals surface area contributed by atoms with Crippen molar-refractivity contribution in [2.45, 2.75) is 18.9 Å². The number of hydrogen-bond acceptors (Lipinski definition) is 3. The van der Waals surface area contributed by atoms with E-state index in [2.05, 4.69) is 4.98 Å². The minimum absolute atomic E-state index is 0.0645. The minimum Gasteiger partial charge on any atom is -0.253 e. The second kappa shape index (κ2) is 2.79. The maximum absolute atomic E-state index is 11.9. The smallest absolute Gasteiger partial charge is 0.253 e. The maximum atomic E-state index is 11.9. The Morgan fingerprint density at radius 1 is 1.27 bits per heavy atom. The van der Waals surface area contributed by atoms with E-state index in [-0.39, 0.29) is 11.7 Å². The van der Waals surface area contributed by atoms with Gasteiger partial charge >= 0.3 is 11.4 Å². The summed E-state index contributed by atoms with van der Waals surface area (Å²) in [7, 11) is 0. The Morgan fingerprint density at radius 2 is 2.07 bits per heavy atom. The molecule has 5 nitrogen and oxygen atoms in total. The Hall–Kier alpha value is -1.91. The van der Waals surface area contributed by atoms with Crippen LogP contribution in [0.1, 0.15) is 18.9 Å². The van der Waals surface area contributed by atoms with Crippen molar-refractivity contribution in [2.24, 2.45) is 0 Å². The Kier molecular flexibility index (Phi) is 1.56. The zero-order valence-corrected chi connectivity index (χ0v) is 7.96. The lowest BCUT2D eigenvalue weighted by atomic mass is 10.5. The highest BCUT2D eigenvalue weighted by Gasteiger charge is 2.27. The molecule has 0 amide bonds. The van der Waals surface area contributed by atoms with Crippen LogP contribution in [0.3, 0.4) is 0 Å². The Balaban J connectivity index is 2.47. The lowest BCUT2D eigenvalue weighted by Gasteiger charge is -2.03. The van der Waals surface area contributed by atoms with E-state index < -0.39 is 5.69 Å². The third kappa shape index (κ3) is 1.20. The molecule has 1 fully saturated rings. The predicted octanol–water partition coefficient (Wildman–Crippen LogP) is 0.191. The summed E-state index contributed by atoms with van der Waals surface area (Å²) >= 11 is 0. The van der Waals surface area contributed by atoms with Gasteiger partial charge in [0.05, 0.1) is 0 Å². The second-order valence-electron chi connectivity index (χ2n) is 3.71. The summed E-state index contributed by atoms with van der Waals surface area (Å²) in [5.74, 6) is 0. The summed E-state index contributed by atoms with van der Waals surface area (Å²) in [5, 5.41) is 0. The molecular weight excluding hydrogens is 194 g/mol. The molecule has 76 valence electrons. The topological polar surface area (TPSA) is 56.4 Å². The Morgan fingerprint density at radius 3 is 2.80 bits per heavy atom. The average molecular weight is 203 g/mol. The fourth-order valence-corrected chi connectivity index (χ4v) is 1.68. The maximum Gasteiger partial charge on any atom is 0.353 e. The first-order valence-electron chi connectivity index (χ1n) is 4.87. The molecule has 2 aromatic heterocycles. The van der Waals surface area contributed by atoms with E-state index in [4.69, 9.17) is 0 Å². The van der Waals surface area contributed by atoms with Crippen LogP contribution in [-0.4, -0.2) is 14.0 Å². The molecule has 0 atom stereocenters. The molecule has 0 spiro atoms. The first-order valence-corrected chi connectivity index (χ1v) is 4.87. The zero-order valence-electron chi connectivity index (χ0n) is 7.96. The fraction of sp³-hybridized carbons (Fsp3) is 0.300. The van der Waals surface area contributed by atoms with Gasteiger partial charge in [0.2, 0.25) is 0 Å². The van der Waals surface area contributed by atoms with E-state index in [1.165, 1.54) is 8.97 Å². The first kappa shape index (κ1) is 8.40. The van der Waals surface area contributed by atoms with Crippen molar-refractivity contribution in [3.63, 3.8) is 0 Å². The second-order valence-corrected chi connectivity index (χ2v) is 3.71. The van der Waals surface area contributed by atoms with E-state index in [0.29, 0.717) is 5.65 Å². The van der Waals surface area contributed by atoms with Crippen molar-refractivity contribution in [1.82, 2.24) is 14.0 Å². The third-order valence-corrected chi connectivity index (χ3v) is 2.58. The van der Waals surface area contributed by atoms with Gasteiger partial charge in [-0.25, -0.2) is 14.2 Å².